The summed E-state index contributed by atoms with van der Waals surface area (Å²) in [6.45, 7) is 9.64. The Bertz CT molecular complexity index is 1130. The van der Waals surface area contributed by atoms with Crippen LogP contribution < -0.4 is 5.32 Å². The van der Waals surface area contributed by atoms with Gasteiger partial charge in [-0.15, -0.1) is 13.2 Å². The number of ether oxygens (including phenoxy) is 1. The van der Waals surface area contributed by atoms with Crippen LogP contribution in [-0.4, -0.2) is 53.1 Å². The molecule has 7 heteroatoms. The molecule has 0 radical (unpaired) electrons. The summed E-state index contributed by atoms with van der Waals surface area (Å²) >= 11 is 0. The minimum Gasteiger partial charge on any atom is -0.461 e. The van der Waals surface area contributed by atoms with Gasteiger partial charge in [0.1, 0.15) is 6.10 Å². The maximum Gasteiger partial charge on any atom is 0.309 e. The first-order valence-electron chi connectivity index (χ1n) is 13.6. The van der Waals surface area contributed by atoms with E-state index in [-0.39, 0.29) is 49.3 Å². The molecule has 0 aromatic heterocycles. The second-order valence-corrected chi connectivity index (χ2v) is 10.2. The molecule has 3 rings (SSSR count). The average Bonchev–Trinajstić information content (AvgIpc) is 2.95. The van der Waals surface area contributed by atoms with Crippen LogP contribution >= 0.6 is 0 Å². The molecule has 0 aliphatic carbocycles. The van der Waals surface area contributed by atoms with Crippen molar-refractivity contribution in [3.8, 4) is 0 Å². The zero-order chi connectivity index (χ0) is 28.2. The molecule has 0 unspecified atom stereocenters. The highest BCUT2D eigenvalue weighted by Crippen LogP contribution is 2.25. The Balaban J connectivity index is 1.54. The maximum absolute atomic E-state index is 13.3. The molecule has 0 saturated heterocycles. The fourth-order valence-electron chi connectivity index (χ4n) is 4.94. The highest BCUT2D eigenvalue weighted by Gasteiger charge is 2.32. The van der Waals surface area contributed by atoms with Gasteiger partial charge in [0.25, 0.3) is 0 Å². The summed E-state index contributed by atoms with van der Waals surface area (Å²) in [4.78, 5) is 40.8. The van der Waals surface area contributed by atoms with Crippen molar-refractivity contribution in [2.24, 2.45) is 11.8 Å². The molecule has 2 amide bonds. The number of hydrogen-bond donors (Lipinski definition) is 2. The quantitative estimate of drug-likeness (QED) is 0.283. The predicted octanol–water partition coefficient (Wildman–Crippen LogP) is 4.00. The van der Waals surface area contributed by atoms with Crippen molar-refractivity contribution in [2.45, 2.75) is 57.7 Å². The Labute approximate surface area is 231 Å². The summed E-state index contributed by atoms with van der Waals surface area (Å²) in [6.07, 6.45) is 4.75. The van der Waals surface area contributed by atoms with E-state index < -0.39 is 12.0 Å². The van der Waals surface area contributed by atoms with Crippen molar-refractivity contribution in [2.75, 3.05) is 13.2 Å². The highest BCUT2D eigenvalue weighted by atomic mass is 16.5. The molecule has 1 heterocycles. The summed E-state index contributed by atoms with van der Waals surface area (Å²) in [5.41, 5.74) is 3.22. The van der Waals surface area contributed by atoms with Crippen molar-refractivity contribution in [3.63, 3.8) is 0 Å². The third kappa shape index (κ3) is 8.65. The van der Waals surface area contributed by atoms with Gasteiger partial charge in [-0.2, -0.15) is 0 Å². The topological polar surface area (TPSA) is 95.9 Å². The summed E-state index contributed by atoms with van der Waals surface area (Å²) in [5.74, 6) is -1.78. The first-order chi connectivity index (χ1) is 18.9. The van der Waals surface area contributed by atoms with Crippen LogP contribution in [0.25, 0.3) is 0 Å². The van der Waals surface area contributed by atoms with Crippen LogP contribution in [-0.2, 0) is 38.5 Å². The summed E-state index contributed by atoms with van der Waals surface area (Å²) in [5, 5.41) is 12.8. The molecule has 0 bridgehead atoms. The predicted molar refractivity (Wildman–Crippen MR) is 152 cm³/mol. The fourth-order valence-corrected chi connectivity index (χ4v) is 4.94. The second-order valence-electron chi connectivity index (χ2n) is 10.2. The van der Waals surface area contributed by atoms with Crippen LogP contribution in [0.2, 0.25) is 0 Å². The minimum absolute atomic E-state index is 0.00315. The third-order valence-electron chi connectivity index (χ3n) is 7.12. The zero-order valence-electron chi connectivity index (χ0n) is 22.8. The Morgan fingerprint density at radius 1 is 1.03 bits per heavy atom. The molecule has 7 nitrogen and oxygen atoms in total. The number of amides is 2. The van der Waals surface area contributed by atoms with Gasteiger partial charge in [0.05, 0.1) is 31.0 Å². The molecule has 0 saturated carbocycles. The molecule has 0 spiro atoms. The van der Waals surface area contributed by atoms with Gasteiger partial charge in [0.15, 0.2) is 0 Å². The number of nitrogens with zero attached hydrogens (tertiary/aromatic N) is 1. The lowest BCUT2D eigenvalue weighted by molar-refractivity contribution is -0.153. The van der Waals surface area contributed by atoms with Gasteiger partial charge >= 0.3 is 5.97 Å². The van der Waals surface area contributed by atoms with E-state index in [9.17, 15) is 19.5 Å². The van der Waals surface area contributed by atoms with Gasteiger partial charge in [-0.05, 0) is 49.3 Å². The molecule has 1 aliphatic rings. The lowest BCUT2D eigenvalue weighted by atomic mass is 9.92. The number of carbonyl (C=O) groups is 3. The Morgan fingerprint density at radius 3 is 2.33 bits per heavy atom. The van der Waals surface area contributed by atoms with Crippen molar-refractivity contribution in [1.29, 1.82) is 0 Å². The van der Waals surface area contributed by atoms with Crippen LogP contribution in [0.4, 0.5) is 0 Å². The number of fused-ring (bicyclic) bond motifs is 1. The van der Waals surface area contributed by atoms with E-state index in [0.717, 1.165) is 16.7 Å². The molecular formula is C32H40N2O5. The molecule has 2 aromatic carbocycles. The normalized spacial score (nSPS) is 16.8. The number of benzene rings is 2. The van der Waals surface area contributed by atoms with Gasteiger partial charge in [0.2, 0.25) is 11.8 Å². The van der Waals surface area contributed by atoms with E-state index >= 15 is 0 Å². The summed E-state index contributed by atoms with van der Waals surface area (Å²) < 4.78 is 5.64. The summed E-state index contributed by atoms with van der Waals surface area (Å²) in [6, 6.07) is 17.3. The first-order valence-corrected chi connectivity index (χ1v) is 13.6. The highest BCUT2D eigenvalue weighted by molar-refractivity contribution is 5.86. The largest absolute Gasteiger partial charge is 0.461 e. The van der Waals surface area contributed by atoms with E-state index in [2.05, 4.69) is 18.5 Å². The number of aliphatic hydroxyl groups is 1. The van der Waals surface area contributed by atoms with Gasteiger partial charge in [-0.25, -0.2) is 0 Å². The van der Waals surface area contributed by atoms with Crippen LogP contribution in [0.5, 0.6) is 0 Å². The van der Waals surface area contributed by atoms with E-state index in [1.54, 1.807) is 24.0 Å². The number of aliphatic hydroxyl groups excluding tert-OH is 1. The number of nitrogens with one attached hydrogen (secondary N) is 1. The molecule has 208 valence electrons. The van der Waals surface area contributed by atoms with Crippen molar-refractivity contribution in [3.05, 3.63) is 96.6 Å². The minimum atomic E-state index is -0.610. The second kappa shape index (κ2) is 15.0. The van der Waals surface area contributed by atoms with E-state index in [0.29, 0.717) is 32.2 Å². The van der Waals surface area contributed by atoms with Crippen LogP contribution in [0.15, 0.2) is 79.9 Å². The van der Waals surface area contributed by atoms with Crippen LogP contribution in [0.3, 0.4) is 0 Å². The van der Waals surface area contributed by atoms with E-state index in [1.807, 2.05) is 54.6 Å². The molecule has 2 aromatic rings. The Morgan fingerprint density at radius 2 is 1.67 bits per heavy atom. The van der Waals surface area contributed by atoms with Crippen LogP contribution in [0, 0.1) is 11.8 Å². The monoisotopic (exact) mass is 532 g/mol. The molecule has 4 atom stereocenters. The van der Waals surface area contributed by atoms with Crippen molar-refractivity contribution >= 4 is 17.8 Å². The molecule has 2 N–H and O–H groups in total. The lowest BCUT2D eigenvalue weighted by Gasteiger charge is -2.36. The number of rotatable bonds is 14. The standard InChI is InChI=1S/C32H40N2O5/c1-4-11-26(19-30(36)34-21-28-16-10-9-15-25(28)18-29(34)22-35)31(37)33-20-23(3)39-32(38)27(12-5-2)17-24-13-7-6-8-14-24/h4-10,13-16,23,26-27,29,35H,1-2,11-12,17-22H2,3H3,(H,33,37)/t23-,26-,27-,29-/m0/s1. The number of allylic oxidation sites excluding steroid dienone is 2. The number of esters is 1. The maximum atomic E-state index is 13.3. The average molecular weight is 533 g/mol. The van der Waals surface area contributed by atoms with E-state index in [4.69, 9.17) is 4.74 Å². The Kier molecular flexibility index (Phi) is 11.5. The smallest absolute Gasteiger partial charge is 0.309 e. The van der Waals surface area contributed by atoms with Crippen molar-refractivity contribution < 1.29 is 24.2 Å². The van der Waals surface area contributed by atoms with Crippen molar-refractivity contribution in [1.82, 2.24) is 10.2 Å². The van der Waals surface area contributed by atoms with Gasteiger partial charge < -0.3 is 20.1 Å². The molecule has 1 aliphatic heterocycles. The fraction of sp³-hybridized carbons (Fsp3) is 0.406. The molecule has 39 heavy (non-hydrogen) atoms. The lowest BCUT2D eigenvalue weighted by Crippen LogP contribution is -2.47. The van der Waals surface area contributed by atoms with Gasteiger partial charge in [-0.1, -0.05) is 66.7 Å². The first kappa shape index (κ1) is 29.8. The zero-order valence-corrected chi connectivity index (χ0v) is 22.8. The SMILES string of the molecule is C=CC[C@@H](CC(=O)N1Cc2ccccc2C[C@H]1CO)C(=O)NC[C@H](C)OC(=O)[C@@H](CC=C)Cc1ccccc1. The summed E-state index contributed by atoms with van der Waals surface area (Å²) in [7, 11) is 0. The molecular weight excluding hydrogens is 492 g/mol. The number of carbonyl (C=O) groups excluding carboxylic acids is 3. The van der Waals surface area contributed by atoms with Gasteiger partial charge in [0, 0.05) is 13.0 Å². The number of hydrogen-bond acceptors (Lipinski definition) is 5. The van der Waals surface area contributed by atoms with Gasteiger partial charge in [-0.3, -0.25) is 14.4 Å². The van der Waals surface area contributed by atoms with Crippen LogP contribution in [0.1, 0.15) is 42.9 Å². The molecule has 0 fully saturated rings. The van der Waals surface area contributed by atoms with E-state index in [1.165, 1.54) is 0 Å². The third-order valence-corrected chi connectivity index (χ3v) is 7.12. The Hall–Kier alpha value is -3.71.